The van der Waals surface area contributed by atoms with Gasteiger partial charge in [0.05, 0.1) is 6.54 Å². The Morgan fingerprint density at radius 1 is 1.06 bits per heavy atom. The summed E-state index contributed by atoms with van der Waals surface area (Å²) in [6.07, 6.45) is 0.776. The lowest BCUT2D eigenvalue weighted by molar-refractivity contribution is -0.130. The highest BCUT2D eigenvalue weighted by molar-refractivity contribution is 5.86. The van der Waals surface area contributed by atoms with Crippen LogP contribution < -0.4 is 10.6 Å². The van der Waals surface area contributed by atoms with Crippen molar-refractivity contribution < 1.29 is 24.2 Å². The van der Waals surface area contributed by atoms with E-state index in [-0.39, 0.29) is 37.4 Å². The van der Waals surface area contributed by atoms with E-state index in [4.69, 9.17) is 9.84 Å². The van der Waals surface area contributed by atoms with Crippen LogP contribution in [0.15, 0.2) is 48.5 Å². The lowest BCUT2D eigenvalue weighted by Gasteiger charge is -2.18. The molecule has 32 heavy (non-hydrogen) atoms. The molecule has 166 valence electrons. The Morgan fingerprint density at radius 3 is 2.28 bits per heavy atom. The summed E-state index contributed by atoms with van der Waals surface area (Å²) in [6.45, 7) is 2.13. The predicted molar refractivity (Wildman–Crippen MR) is 120 cm³/mol. The summed E-state index contributed by atoms with van der Waals surface area (Å²) in [5.74, 6) is 2.77. The highest BCUT2D eigenvalue weighted by Crippen LogP contribution is 2.44. The Morgan fingerprint density at radius 2 is 1.69 bits per heavy atom. The number of ether oxygens (including phenoxy) is 1. The number of fused-ring (bicyclic) bond motifs is 3. The Kier molecular flexibility index (Phi) is 7.87. The van der Waals surface area contributed by atoms with Crippen LogP contribution in [0.3, 0.4) is 0 Å². The van der Waals surface area contributed by atoms with E-state index in [1.807, 2.05) is 37.1 Å². The van der Waals surface area contributed by atoms with Gasteiger partial charge in [-0.25, -0.2) is 9.59 Å². The average molecular weight is 434 g/mol. The molecule has 1 aliphatic carbocycles. The second-order valence-corrected chi connectivity index (χ2v) is 7.50. The minimum absolute atomic E-state index is 0.00841. The van der Waals surface area contributed by atoms with E-state index in [0.29, 0.717) is 12.8 Å². The van der Waals surface area contributed by atoms with Crippen molar-refractivity contribution >= 4 is 18.0 Å². The number of hydrogen-bond donors (Lipinski definition) is 3. The van der Waals surface area contributed by atoms with E-state index >= 15 is 0 Å². The summed E-state index contributed by atoms with van der Waals surface area (Å²) >= 11 is 0. The number of alkyl carbamates (subject to hydrolysis) is 1. The van der Waals surface area contributed by atoms with Gasteiger partial charge in [0.1, 0.15) is 6.61 Å². The predicted octanol–water partition coefficient (Wildman–Crippen LogP) is 3.29. The molecule has 2 aromatic rings. The topological polar surface area (TPSA) is 105 Å². The smallest absolute Gasteiger partial charge is 0.407 e. The molecule has 1 unspecified atom stereocenters. The molecule has 2 aromatic carbocycles. The first-order valence-corrected chi connectivity index (χ1v) is 10.6. The van der Waals surface area contributed by atoms with E-state index < -0.39 is 12.1 Å². The van der Waals surface area contributed by atoms with Crippen molar-refractivity contribution in [1.29, 1.82) is 0 Å². The zero-order valence-electron chi connectivity index (χ0n) is 17.9. The monoisotopic (exact) mass is 434 g/mol. The van der Waals surface area contributed by atoms with Gasteiger partial charge in [-0.05, 0) is 35.1 Å². The van der Waals surface area contributed by atoms with Gasteiger partial charge >= 0.3 is 12.1 Å². The highest BCUT2D eigenvalue weighted by atomic mass is 16.5. The minimum Gasteiger partial charge on any atom is -0.472 e. The summed E-state index contributed by atoms with van der Waals surface area (Å²) in [7, 11) is 0. The third-order valence-corrected chi connectivity index (χ3v) is 5.45. The summed E-state index contributed by atoms with van der Waals surface area (Å²) in [5.41, 5.74) is 4.64. The van der Waals surface area contributed by atoms with Gasteiger partial charge in [0.15, 0.2) is 0 Å². The molecule has 0 bridgehead atoms. The van der Waals surface area contributed by atoms with Gasteiger partial charge < -0.3 is 20.5 Å². The Bertz CT molecular complexity index is 1010. The van der Waals surface area contributed by atoms with E-state index in [9.17, 15) is 14.4 Å². The van der Waals surface area contributed by atoms with Gasteiger partial charge in [-0.15, -0.1) is 0 Å². The maximum atomic E-state index is 12.4. The maximum absolute atomic E-state index is 12.4. The summed E-state index contributed by atoms with van der Waals surface area (Å²) in [5, 5.41) is 13.8. The molecule has 1 atom stereocenters. The van der Waals surface area contributed by atoms with Gasteiger partial charge in [0, 0.05) is 24.3 Å². The van der Waals surface area contributed by atoms with Crippen LogP contribution in [-0.4, -0.2) is 42.3 Å². The minimum atomic E-state index is -1.24. The van der Waals surface area contributed by atoms with Crippen LogP contribution in [-0.2, 0) is 14.3 Å². The molecular formula is C25H26N2O5. The van der Waals surface area contributed by atoms with Gasteiger partial charge in [-0.1, -0.05) is 61.4 Å². The highest BCUT2D eigenvalue weighted by Gasteiger charge is 2.29. The van der Waals surface area contributed by atoms with Gasteiger partial charge in [-0.3, -0.25) is 4.79 Å². The Balaban J connectivity index is 1.48. The zero-order chi connectivity index (χ0) is 22.9. The number of benzene rings is 2. The number of aliphatic carboxylic acids is 1. The van der Waals surface area contributed by atoms with Crippen LogP contribution in [0.1, 0.15) is 43.2 Å². The van der Waals surface area contributed by atoms with Gasteiger partial charge in [-0.2, -0.15) is 0 Å². The van der Waals surface area contributed by atoms with Crippen molar-refractivity contribution in [2.24, 2.45) is 0 Å². The van der Waals surface area contributed by atoms with Crippen molar-refractivity contribution in [3.05, 3.63) is 59.7 Å². The number of amides is 2. The van der Waals surface area contributed by atoms with Crippen molar-refractivity contribution in [1.82, 2.24) is 10.6 Å². The van der Waals surface area contributed by atoms with E-state index in [0.717, 1.165) is 11.1 Å². The van der Waals surface area contributed by atoms with E-state index in [1.165, 1.54) is 11.1 Å². The quantitative estimate of drug-likeness (QED) is 0.553. The third-order valence-electron chi connectivity index (χ3n) is 5.45. The molecule has 3 N–H and O–H groups in total. The molecule has 0 saturated carbocycles. The number of carboxylic acid groups (broad SMARTS) is 1. The third kappa shape index (κ3) is 5.88. The molecule has 0 spiro atoms. The molecule has 2 amide bonds. The Hall–Kier alpha value is -3.79. The number of carbonyl (C=O) groups is 3. The molecular weight excluding hydrogens is 408 g/mol. The molecule has 0 radical (unpaired) electrons. The molecule has 7 nitrogen and oxygen atoms in total. The van der Waals surface area contributed by atoms with Crippen molar-refractivity contribution in [2.75, 3.05) is 13.2 Å². The molecule has 0 aliphatic heterocycles. The van der Waals surface area contributed by atoms with Crippen LogP contribution in [0.25, 0.3) is 11.1 Å². The molecule has 0 fully saturated rings. The number of nitrogens with one attached hydrogen (secondary N) is 2. The fourth-order valence-corrected chi connectivity index (χ4v) is 3.84. The first-order valence-electron chi connectivity index (χ1n) is 10.6. The van der Waals surface area contributed by atoms with Crippen molar-refractivity contribution in [3.63, 3.8) is 0 Å². The summed E-state index contributed by atoms with van der Waals surface area (Å²) in [4.78, 5) is 34.6. The molecule has 3 rings (SSSR count). The maximum Gasteiger partial charge on any atom is 0.407 e. The van der Waals surface area contributed by atoms with Crippen molar-refractivity contribution in [3.8, 4) is 23.0 Å². The van der Waals surface area contributed by atoms with Crippen LogP contribution in [0.2, 0.25) is 0 Å². The number of hydrogen-bond acceptors (Lipinski definition) is 4. The molecule has 1 aliphatic rings. The first-order chi connectivity index (χ1) is 15.5. The molecule has 0 saturated heterocycles. The first kappa shape index (κ1) is 22.9. The van der Waals surface area contributed by atoms with Crippen LogP contribution in [0.5, 0.6) is 0 Å². The Labute approximate surface area is 187 Å². The normalized spacial score (nSPS) is 12.5. The standard InChI is InChI=1S/C25H26N2O5/c1-2-17(13-14-23(28)26-15-7-12-24(29)30)27-25(31)32-16-22-20-10-5-3-8-18(20)19-9-4-6-11-21(19)22/h3-6,8-11,17,22H,2,13-16H2,1H3,(H,26,28)(H,27,31)(H,29,30). The largest absolute Gasteiger partial charge is 0.472 e. The lowest BCUT2D eigenvalue weighted by Crippen LogP contribution is -2.36. The average Bonchev–Trinajstić information content (AvgIpc) is 3.11. The van der Waals surface area contributed by atoms with Crippen molar-refractivity contribution in [2.45, 2.75) is 38.1 Å². The van der Waals surface area contributed by atoms with Crippen LogP contribution in [0, 0.1) is 11.8 Å². The van der Waals surface area contributed by atoms with Crippen LogP contribution >= 0.6 is 0 Å². The second kappa shape index (κ2) is 11.0. The van der Waals surface area contributed by atoms with Crippen LogP contribution in [0.4, 0.5) is 4.79 Å². The number of carbonyl (C=O) groups excluding carboxylic acids is 2. The number of carboxylic acids is 1. The van der Waals surface area contributed by atoms with E-state index in [1.54, 1.807) is 0 Å². The zero-order valence-corrected chi connectivity index (χ0v) is 17.9. The summed E-state index contributed by atoms with van der Waals surface area (Å²) in [6, 6.07) is 16.1. The number of rotatable bonds is 8. The SMILES string of the molecule is CCC(CCC(=O)NCC#CC(=O)O)NC(=O)OCC1c2ccccc2-c2ccccc21. The second-order valence-electron chi connectivity index (χ2n) is 7.50. The lowest BCUT2D eigenvalue weighted by atomic mass is 9.98. The summed E-state index contributed by atoms with van der Waals surface area (Å²) < 4.78 is 5.56. The van der Waals surface area contributed by atoms with Gasteiger partial charge in [0.25, 0.3) is 0 Å². The molecule has 0 heterocycles. The van der Waals surface area contributed by atoms with Gasteiger partial charge in [0.2, 0.25) is 5.91 Å². The molecule has 7 heteroatoms. The fourth-order valence-electron chi connectivity index (χ4n) is 3.84. The molecule has 0 aromatic heterocycles. The van der Waals surface area contributed by atoms with E-state index in [2.05, 4.69) is 40.8 Å². The fraction of sp³-hybridized carbons (Fsp3) is 0.320.